The maximum absolute atomic E-state index is 5.84. The molecule has 134 valence electrons. The number of hydrogen-bond donors (Lipinski definition) is 0. The molecule has 0 saturated carbocycles. The predicted molar refractivity (Wildman–Crippen MR) is 100 cm³/mol. The van der Waals surface area contributed by atoms with E-state index < -0.39 is 25.3 Å². The van der Waals surface area contributed by atoms with Gasteiger partial charge in [0, 0.05) is 40.5 Å². The van der Waals surface area contributed by atoms with Gasteiger partial charge in [-0.05, 0) is 6.42 Å². The smallest absolute Gasteiger partial charge is 0.380 e. The average Bonchev–Trinajstić information content (AvgIpc) is 2.40. The van der Waals surface area contributed by atoms with Crippen molar-refractivity contribution in [1.29, 1.82) is 0 Å². The molecule has 0 aliphatic rings. The minimum Gasteiger partial charge on any atom is -0.380 e. The van der Waals surface area contributed by atoms with Crippen LogP contribution < -0.4 is 0 Å². The molecule has 22 heavy (non-hydrogen) atoms. The van der Waals surface area contributed by atoms with Crippen molar-refractivity contribution in [2.75, 3.05) is 41.1 Å². The number of ether oxygens (including phenoxy) is 1. The normalized spacial score (nSPS) is 13.9. The minimum atomic E-state index is -2.44. The highest BCUT2D eigenvalue weighted by Gasteiger charge is 2.37. The van der Waals surface area contributed by atoms with Crippen LogP contribution >= 0.6 is 0 Å². The largest absolute Gasteiger partial charge is 0.500 e. The van der Waals surface area contributed by atoms with Gasteiger partial charge in [0.1, 0.15) is 16.5 Å². The highest BCUT2D eigenvalue weighted by atomic mass is 28.4. The van der Waals surface area contributed by atoms with Crippen molar-refractivity contribution < 1.29 is 18.0 Å². The van der Waals surface area contributed by atoms with Gasteiger partial charge in [-0.15, -0.1) is 0 Å². The van der Waals surface area contributed by atoms with Crippen LogP contribution in [0.4, 0.5) is 0 Å². The van der Waals surface area contributed by atoms with Crippen LogP contribution in [0.2, 0.25) is 45.3 Å². The van der Waals surface area contributed by atoms with Crippen LogP contribution in [-0.2, 0) is 18.0 Å². The summed E-state index contributed by atoms with van der Waals surface area (Å²) in [5.41, 5.74) is 0. The molecule has 0 aliphatic heterocycles. The maximum Gasteiger partial charge on any atom is 0.500 e. The maximum atomic E-state index is 5.84. The fraction of sp³-hybridized carbons (Fsp3) is 1.00. The SMILES string of the molecule is CO[Si](CCCOCCN([Si](C)(C)C)[Si](C)(C)C)(OC)OC. The van der Waals surface area contributed by atoms with E-state index in [9.17, 15) is 0 Å². The Morgan fingerprint density at radius 3 is 1.55 bits per heavy atom. The van der Waals surface area contributed by atoms with Gasteiger partial charge in [-0.1, -0.05) is 39.3 Å². The highest BCUT2D eigenvalue weighted by Crippen LogP contribution is 2.19. The van der Waals surface area contributed by atoms with E-state index in [0.29, 0.717) is 0 Å². The molecule has 0 aromatic rings. The second-order valence-electron chi connectivity index (χ2n) is 7.50. The molecule has 0 radical (unpaired) electrons. The van der Waals surface area contributed by atoms with Crippen molar-refractivity contribution >= 4 is 25.3 Å². The minimum absolute atomic E-state index is 0.732. The van der Waals surface area contributed by atoms with E-state index in [0.717, 1.165) is 32.2 Å². The molecule has 0 aliphatic carbocycles. The van der Waals surface area contributed by atoms with Gasteiger partial charge in [0.15, 0.2) is 0 Å². The summed E-state index contributed by atoms with van der Waals surface area (Å²) in [6.45, 7) is 17.1. The van der Waals surface area contributed by atoms with E-state index in [-0.39, 0.29) is 0 Å². The van der Waals surface area contributed by atoms with E-state index in [1.54, 1.807) is 21.3 Å². The molecular weight excluding hydrogens is 330 g/mol. The summed E-state index contributed by atoms with van der Waals surface area (Å²) >= 11 is 0. The molecule has 8 heteroatoms. The highest BCUT2D eigenvalue weighted by molar-refractivity contribution is 6.89. The Bertz CT molecular complexity index is 279. The van der Waals surface area contributed by atoms with E-state index >= 15 is 0 Å². The molecule has 0 atom stereocenters. The monoisotopic (exact) mass is 367 g/mol. The first-order valence-electron chi connectivity index (χ1n) is 8.03. The van der Waals surface area contributed by atoms with Gasteiger partial charge < -0.3 is 22.2 Å². The Morgan fingerprint density at radius 1 is 0.727 bits per heavy atom. The summed E-state index contributed by atoms with van der Waals surface area (Å²) in [5.74, 6) is 0. The van der Waals surface area contributed by atoms with Gasteiger partial charge in [-0.25, -0.2) is 0 Å². The lowest BCUT2D eigenvalue weighted by atomic mass is 10.5. The number of nitrogens with zero attached hydrogens (tertiary/aromatic N) is 1. The lowest BCUT2D eigenvalue weighted by Gasteiger charge is -2.43. The van der Waals surface area contributed by atoms with Gasteiger partial charge >= 0.3 is 8.80 Å². The summed E-state index contributed by atoms with van der Waals surface area (Å²) < 4.78 is 24.8. The van der Waals surface area contributed by atoms with Crippen molar-refractivity contribution in [2.24, 2.45) is 0 Å². The molecule has 0 amide bonds. The molecule has 0 aromatic carbocycles. The topological polar surface area (TPSA) is 40.2 Å². The lowest BCUT2D eigenvalue weighted by molar-refractivity contribution is 0.106. The van der Waals surface area contributed by atoms with Crippen LogP contribution in [0.1, 0.15) is 6.42 Å². The molecule has 0 aromatic heterocycles. The molecule has 0 N–H and O–H groups in total. The Labute approximate surface area is 140 Å². The first kappa shape index (κ1) is 22.5. The first-order chi connectivity index (χ1) is 10.0. The molecule has 0 heterocycles. The van der Waals surface area contributed by atoms with Crippen molar-refractivity contribution in [3.63, 3.8) is 0 Å². The van der Waals surface area contributed by atoms with Gasteiger partial charge in [0.05, 0.1) is 6.61 Å². The number of hydrogen-bond acceptors (Lipinski definition) is 5. The van der Waals surface area contributed by atoms with E-state index in [2.05, 4.69) is 43.5 Å². The predicted octanol–water partition coefficient (Wildman–Crippen LogP) is 3.24. The van der Waals surface area contributed by atoms with E-state index in [1.165, 1.54) is 0 Å². The summed E-state index contributed by atoms with van der Waals surface area (Å²) in [6.07, 6.45) is 0.904. The number of rotatable bonds is 12. The Hall–Kier alpha value is 0.451. The zero-order chi connectivity index (χ0) is 17.4. The quantitative estimate of drug-likeness (QED) is 0.391. The van der Waals surface area contributed by atoms with E-state index in [4.69, 9.17) is 18.0 Å². The summed E-state index contributed by atoms with van der Waals surface area (Å²) in [5, 5.41) is 0. The molecule has 5 nitrogen and oxygen atoms in total. The lowest BCUT2D eigenvalue weighted by Crippen LogP contribution is -2.59. The molecule has 0 spiro atoms. The third-order valence-corrected chi connectivity index (χ3v) is 14.3. The Morgan fingerprint density at radius 2 is 1.18 bits per heavy atom. The molecular formula is C14H37NO4Si3. The molecule has 0 rings (SSSR count). The third-order valence-electron chi connectivity index (χ3n) is 3.78. The summed E-state index contributed by atoms with van der Waals surface area (Å²) in [4.78, 5) is 0. The second kappa shape index (κ2) is 9.68. The molecule has 0 fully saturated rings. The zero-order valence-corrected chi connectivity index (χ0v) is 19.1. The van der Waals surface area contributed by atoms with Crippen LogP contribution in [0.25, 0.3) is 0 Å². The average molecular weight is 368 g/mol. The van der Waals surface area contributed by atoms with Gasteiger partial charge in [0.2, 0.25) is 0 Å². The van der Waals surface area contributed by atoms with Crippen LogP contribution in [0.3, 0.4) is 0 Å². The van der Waals surface area contributed by atoms with Gasteiger partial charge in [-0.2, -0.15) is 0 Å². The van der Waals surface area contributed by atoms with Crippen LogP contribution in [0, 0.1) is 0 Å². The standard InChI is InChI=1S/C14H37NO4Si3/c1-16-22(17-2,18-3)14-10-12-19-13-11-15(20(4,5)6)21(7,8)9/h10-14H2,1-9H3. The molecule has 0 unspecified atom stereocenters. The molecule has 0 saturated heterocycles. The fourth-order valence-electron chi connectivity index (χ4n) is 2.88. The van der Waals surface area contributed by atoms with Gasteiger partial charge in [-0.3, -0.25) is 0 Å². The fourth-order valence-corrected chi connectivity index (χ4v) is 14.1. The van der Waals surface area contributed by atoms with Crippen molar-refractivity contribution in [1.82, 2.24) is 4.23 Å². The van der Waals surface area contributed by atoms with Crippen molar-refractivity contribution in [3.8, 4) is 0 Å². The second-order valence-corrected chi connectivity index (χ2v) is 20.8. The first-order valence-corrected chi connectivity index (χ1v) is 16.9. The van der Waals surface area contributed by atoms with Crippen molar-refractivity contribution in [3.05, 3.63) is 0 Å². The summed E-state index contributed by atoms with van der Waals surface area (Å²) in [7, 11) is -0.0298. The Kier molecular flexibility index (Phi) is 9.87. The van der Waals surface area contributed by atoms with Crippen LogP contribution in [0.5, 0.6) is 0 Å². The zero-order valence-electron chi connectivity index (χ0n) is 16.1. The summed E-state index contributed by atoms with van der Waals surface area (Å²) in [6, 6.07) is 0.794. The van der Waals surface area contributed by atoms with Crippen LogP contribution in [-0.4, -0.2) is 70.6 Å². The molecule has 0 bridgehead atoms. The van der Waals surface area contributed by atoms with Gasteiger partial charge in [0.25, 0.3) is 0 Å². The van der Waals surface area contributed by atoms with Crippen molar-refractivity contribution in [2.45, 2.75) is 51.7 Å². The third kappa shape index (κ3) is 7.82. The van der Waals surface area contributed by atoms with E-state index in [1.807, 2.05) is 0 Å². The van der Waals surface area contributed by atoms with Crippen LogP contribution in [0.15, 0.2) is 0 Å². The Balaban J connectivity index is 4.12.